The maximum Gasteiger partial charge on any atom is 0.190 e. The average Bonchev–Trinajstić information content (AvgIpc) is 2.63. The Kier molecular flexibility index (Phi) is 1.89. The lowest BCUT2D eigenvalue weighted by Gasteiger charge is -1.90. The molecule has 2 aromatic rings. The topological polar surface area (TPSA) is 76.3 Å². The number of hydrogen-bond donors (Lipinski definition) is 1. The fourth-order valence-electron chi connectivity index (χ4n) is 1.26. The summed E-state index contributed by atoms with van der Waals surface area (Å²) in [7, 11) is 0. The quantitative estimate of drug-likeness (QED) is 0.729. The molecule has 0 saturated carbocycles. The minimum Gasteiger partial charge on any atom is -0.340 e. The van der Waals surface area contributed by atoms with Crippen molar-refractivity contribution in [2.24, 2.45) is 0 Å². The fraction of sp³-hybridized carbons (Fsp3) is 0.100. The standard InChI is InChI=1S/C10H6N4/c11-5-7(6-12)10-13-8-3-1-2-4-9(8)14-10/h1-4,7H,(H,13,14). The zero-order chi connectivity index (χ0) is 9.97. The molecule has 0 fully saturated rings. The van der Waals surface area contributed by atoms with E-state index in [1.54, 1.807) is 0 Å². The van der Waals surface area contributed by atoms with Gasteiger partial charge in [-0.15, -0.1) is 0 Å². The number of aromatic nitrogens is 2. The van der Waals surface area contributed by atoms with Crippen molar-refractivity contribution in [3.8, 4) is 12.1 Å². The zero-order valence-corrected chi connectivity index (χ0v) is 7.23. The van der Waals surface area contributed by atoms with Crippen molar-refractivity contribution in [3.63, 3.8) is 0 Å². The first-order chi connectivity index (χ1) is 6.85. The van der Waals surface area contributed by atoms with Crippen LogP contribution in [0.2, 0.25) is 0 Å². The third-order valence-electron chi connectivity index (χ3n) is 1.94. The van der Waals surface area contributed by atoms with Gasteiger partial charge in [0.05, 0.1) is 23.2 Å². The first-order valence-electron chi connectivity index (χ1n) is 4.09. The minimum atomic E-state index is -0.817. The van der Waals surface area contributed by atoms with Crippen molar-refractivity contribution >= 4 is 11.0 Å². The molecule has 4 nitrogen and oxygen atoms in total. The Labute approximate surface area is 80.4 Å². The van der Waals surface area contributed by atoms with E-state index in [1.165, 1.54) is 0 Å². The van der Waals surface area contributed by atoms with Gasteiger partial charge in [-0.25, -0.2) is 4.98 Å². The zero-order valence-electron chi connectivity index (χ0n) is 7.23. The number of nitriles is 2. The van der Waals surface area contributed by atoms with E-state index in [9.17, 15) is 0 Å². The Balaban J connectivity index is 2.57. The molecule has 0 spiro atoms. The molecule has 0 aliphatic carbocycles. The van der Waals surface area contributed by atoms with Crippen molar-refractivity contribution in [1.29, 1.82) is 10.5 Å². The Bertz CT molecular complexity index is 494. The van der Waals surface area contributed by atoms with Crippen LogP contribution in [0.5, 0.6) is 0 Å². The van der Waals surface area contributed by atoms with Gasteiger partial charge in [-0.2, -0.15) is 10.5 Å². The lowest BCUT2D eigenvalue weighted by Crippen LogP contribution is -1.93. The van der Waals surface area contributed by atoms with Crippen LogP contribution in [0.25, 0.3) is 11.0 Å². The second kappa shape index (κ2) is 3.20. The smallest absolute Gasteiger partial charge is 0.190 e. The van der Waals surface area contributed by atoms with Crippen molar-refractivity contribution in [2.45, 2.75) is 5.92 Å². The molecule has 1 N–H and O–H groups in total. The summed E-state index contributed by atoms with van der Waals surface area (Å²) in [4.78, 5) is 7.10. The summed E-state index contributed by atoms with van der Waals surface area (Å²) in [5.74, 6) is -0.404. The van der Waals surface area contributed by atoms with E-state index < -0.39 is 5.92 Å². The largest absolute Gasteiger partial charge is 0.340 e. The molecule has 4 heteroatoms. The van der Waals surface area contributed by atoms with Gasteiger partial charge < -0.3 is 4.98 Å². The van der Waals surface area contributed by atoms with Crippen molar-refractivity contribution in [1.82, 2.24) is 9.97 Å². The van der Waals surface area contributed by atoms with Crippen molar-refractivity contribution < 1.29 is 0 Å². The van der Waals surface area contributed by atoms with Crippen molar-refractivity contribution in [2.75, 3.05) is 0 Å². The number of aromatic amines is 1. The highest BCUT2D eigenvalue weighted by atomic mass is 14.9. The summed E-state index contributed by atoms with van der Waals surface area (Å²) in [6, 6.07) is 11.2. The number of nitrogens with zero attached hydrogens (tertiary/aromatic N) is 3. The number of benzene rings is 1. The lowest BCUT2D eigenvalue weighted by atomic mass is 10.2. The van der Waals surface area contributed by atoms with Crippen LogP contribution in [-0.4, -0.2) is 9.97 Å². The number of rotatable bonds is 1. The molecule has 0 amide bonds. The Morgan fingerprint density at radius 2 is 1.93 bits per heavy atom. The molecule has 1 heterocycles. The molecule has 0 aliphatic rings. The number of hydrogen-bond acceptors (Lipinski definition) is 3. The van der Waals surface area contributed by atoms with Crippen LogP contribution < -0.4 is 0 Å². The number of fused-ring (bicyclic) bond motifs is 1. The third kappa shape index (κ3) is 1.19. The molecule has 66 valence electrons. The van der Waals surface area contributed by atoms with Crippen LogP contribution in [-0.2, 0) is 0 Å². The number of nitrogens with one attached hydrogen (secondary N) is 1. The molecule has 0 unspecified atom stereocenters. The van der Waals surface area contributed by atoms with Gasteiger partial charge in [0, 0.05) is 0 Å². The Morgan fingerprint density at radius 3 is 2.57 bits per heavy atom. The molecule has 14 heavy (non-hydrogen) atoms. The van der Waals surface area contributed by atoms with Crippen LogP contribution in [0.3, 0.4) is 0 Å². The summed E-state index contributed by atoms with van der Waals surface area (Å²) in [6.07, 6.45) is 0. The molecule has 0 saturated heterocycles. The predicted molar refractivity (Wildman–Crippen MR) is 50.1 cm³/mol. The molecule has 0 aliphatic heterocycles. The second-order valence-electron chi connectivity index (χ2n) is 2.83. The van der Waals surface area contributed by atoms with Gasteiger partial charge in [-0.05, 0) is 12.1 Å². The van der Waals surface area contributed by atoms with Gasteiger partial charge >= 0.3 is 0 Å². The molecular weight excluding hydrogens is 176 g/mol. The molecule has 1 aromatic heterocycles. The molecule has 0 bridgehead atoms. The molecule has 1 aromatic carbocycles. The normalized spacial score (nSPS) is 9.93. The summed E-state index contributed by atoms with van der Waals surface area (Å²) in [6.45, 7) is 0. The SMILES string of the molecule is N#CC(C#N)c1nc2ccccc2[nH]1. The van der Waals surface area contributed by atoms with Crippen LogP contribution in [0.15, 0.2) is 24.3 Å². The third-order valence-corrected chi connectivity index (χ3v) is 1.94. The van der Waals surface area contributed by atoms with Gasteiger partial charge in [-0.3, -0.25) is 0 Å². The number of para-hydroxylation sites is 2. The summed E-state index contributed by atoms with van der Waals surface area (Å²) in [5, 5.41) is 17.3. The van der Waals surface area contributed by atoms with E-state index in [0.717, 1.165) is 11.0 Å². The van der Waals surface area contributed by atoms with Gasteiger partial charge in [0.25, 0.3) is 0 Å². The van der Waals surface area contributed by atoms with E-state index in [0.29, 0.717) is 5.82 Å². The number of H-pyrrole nitrogens is 1. The predicted octanol–water partition coefficient (Wildman–Crippen LogP) is 1.69. The van der Waals surface area contributed by atoms with Gasteiger partial charge in [0.2, 0.25) is 0 Å². The van der Waals surface area contributed by atoms with Crippen LogP contribution in [0.1, 0.15) is 11.7 Å². The van der Waals surface area contributed by atoms with Crippen LogP contribution in [0.4, 0.5) is 0 Å². The van der Waals surface area contributed by atoms with Crippen molar-refractivity contribution in [3.05, 3.63) is 30.1 Å². The maximum atomic E-state index is 8.67. The summed E-state index contributed by atoms with van der Waals surface area (Å²) in [5.41, 5.74) is 1.62. The van der Waals surface area contributed by atoms with E-state index in [2.05, 4.69) is 9.97 Å². The van der Waals surface area contributed by atoms with E-state index in [4.69, 9.17) is 10.5 Å². The molecule has 2 rings (SSSR count). The lowest BCUT2D eigenvalue weighted by molar-refractivity contribution is 0.980. The maximum absolute atomic E-state index is 8.67. The Hall–Kier alpha value is -2.33. The summed E-state index contributed by atoms with van der Waals surface area (Å²) < 4.78 is 0. The first-order valence-corrected chi connectivity index (χ1v) is 4.09. The molecule has 0 radical (unpaired) electrons. The van der Waals surface area contributed by atoms with E-state index >= 15 is 0 Å². The Morgan fingerprint density at radius 1 is 1.21 bits per heavy atom. The van der Waals surface area contributed by atoms with Crippen LogP contribution >= 0.6 is 0 Å². The highest BCUT2D eigenvalue weighted by Crippen LogP contribution is 2.15. The monoisotopic (exact) mass is 182 g/mol. The van der Waals surface area contributed by atoms with E-state index in [-0.39, 0.29) is 0 Å². The van der Waals surface area contributed by atoms with Gasteiger partial charge in [0.1, 0.15) is 5.82 Å². The average molecular weight is 182 g/mol. The second-order valence-corrected chi connectivity index (χ2v) is 2.83. The minimum absolute atomic E-state index is 0.413. The first kappa shape index (κ1) is 8.28. The molecule has 0 atom stereocenters. The molecular formula is C10H6N4. The fourth-order valence-corrected chi connectivity index (χ4v) is 1.26. The highest BCUT2D eigenvalue weighted by molar-refractivity contribution is 5.75. The highest BCUT2D eigenvalue weighted by Gasteiger charge is 2.13. The van der Waals surface area contributed by atoms with Crippen LogP contribution in [0, 0.1) is 22.7 Å². The van der Waals surface area contributed by atoms with Gasteiger partial charge in [0.15, 0.2) is 5.92 Å². The van der Waals surface area contributed by atoms with Gasteiger partial charge in [-0.1, -0.05) is 12.1 Å². The van der Waals surface area contributed by atoms with E-state index in [1.807, 2.05) is 36.4 Å². The number of imidazole rings is 1. The summed E-state index contributed by atoms with van der Waals surface area (Å²) >= 11 is 0.